The fourth-order valence-corrected chi connectivity index (χ4v) is 2.24. The Morgan fingerprint density at radius 2 is 2.19 bits per heavy atom. The van der Waals surface area contributed by atoms with E-state index < -0.39 is 11.9 Å². The third-order valence-corrected chi connectivity index (χ3v) is 4.18. The van der Waals surface area contributed by atoms with E-state index in [-0.39, 0.29) is 0 Å². The van der Waals surface area contributed by atoms with Crippen LogP contribution in [0.1, 0.15) is 19.2 Å². The van der Waals surface area contributed by atoms with Crippen LogP contribution in [0.25, 0.3) is 0 Å². The normalized spacial score (nSPS) is 12.8. The summed E-state index contributed by atoms with van der Waals surface area (Å²) in [4.78, 5) is 15.1. The molecule has 1 heterocycles. The molecular weight excluding hydrogens is 340 g/mol. The van der Waals surface area contributed by atoms with Gasteiger partial charge in [0.2, 0.25) is 5.91 Å². The largest absolute Gasteiger partial charge is 0.368 e. The Kier molecular flexibility index (Phi) is 4.94. The van der Waals surface area contributed by atoms with Gasteiger partial charge in [0.05, 0.1) is 6.04 Å². The molecule has 0 aliphatic rings. The molecule has 7 heteroatoms. The summed E-state index contributed by atoms with van der Waals surface area (Å²) in [5, 5.41) is 0. The maximum absolute atomic E-state index is 10.8. The number of carbonyl (C=O) groups is 1. The number of amides is 1. The molecule has 4 N–H and O–H groups in total. The molecule has 1 aromatic rings. The predicted molar refractivity (Wildman–Crippen MR) is 68.8 cm³/mol. The van der Waals surface area contributed by atoms with Crippen molar-refractivity contribution in [2.24, 2.45) is 11.5 Å². The topological polar surface area (TPSA) is 86.9 Å². The minimum Gasteiger partial charge on any atom is -0.368 e. The number of hydrogen-bond acceptors (Lipinski definition) is 3. The van der Waals surface area contributed by atoms with Gasteiger partial charge >= 0.3 is 0 Å². The molecule has 1 unspecified atom stereocenters. The van der Waals surface area contributed by atoms with Crippen LogP contribution in [0, 0.1) is 0 Å². The average molecular weight is 354 g/mol. The van der Waals surface area contributed by atoms with Gasteiger partial charge in [0.25, 0.3) is 0 Å². The molecule has 0 radical (unpaired) electrons. The van der Waals surface area contributed by atoms with E-state index in [0.29, 0.717) is 13.0 Å². The number of rotatable bonds is 5. The van der Waals surface area contributed by atoms with Gasteiger partial charge in [0, 0.05) is 13.0 Å². The summed E-state index contributed by atoms with van der Waals surface area (Å²) < 4.78 is 3.60. The second-order valence-corrected chi connectivity index (χ2v) is 4.91. The van der Waals surface area contributed by atoms with Crippen LogP contribution in [0.4, 0.5) is 0 Å². The molecule has 1 atom stereocenters. The zero-order chi connectivity index (χ0) is 12.3. The summed E-state index contributed by atoms with van der Waals surface area (Å²) in [7, 11) is 0. The number of imidazole rings is 1. The first-order chi connectivity index (χ1) is 7.47. The lowest BCUT2D eigenvalue weighted by molar-refractivity contribution is -0.119. The Hall–Kier alpha value is -0.400. The van der Waals surface area contributed by atoms with Crippen LogP contribution < -0.4 is 11.5 Å². The highest BCUT2D eigenvalue weighted by atomic mass is 79.9. The second-order valence-electron chi connectivity index (χ2n) is 3.41. The lowest BCUT2D eigenvalue weighted by atomic mass is 10.2. The summed E-state index contributed by atoms with van der Waals surface area (Å²) in [6.45, 7) is 2.64. The maximum atomic E-state index is 10.8. The molecular formula is C9H14Br2N4O. The molecule has 1 aromatic heterocycles. The van der Waals surface area contributed by atoms with Gasteiger partial charge in [-0.05, 0) is 38.3 Å². The summed E-state index contributed by atoms with van der Waals surface area (Å²) in [5.41, 5.74) is 10.7. The van der Waals surface area contributed by atoms with Crippen molar-refractivity contribution in [3.05, 3.63) is 15.0 Å². The number of primary amides is 1. The highest BCUT2D eigenvalue weighted by Crippen LogP contribution is 2.24. The Morgan fingerprint density at radius 3 is 2.69 bits per heavy atom. The van der Waals surface area contributed by atoms with Crippen LogP contribution >= 0.6 is 31.9 Å². The van der Waals surface area contributed by atoms with Crippen molar-refractivity contribution in [3.8, 4) is 0 Å². The lowest BCUT2D eigenvalue weighted by Crippen LogP contribution is -2.37. The van der Waals surface area contributed by atoms with Crippen molar-refractivity contribution in [1.82, 2.24) is 9.55 Å². The van der Waals surface area contributed by atoms with Crippen LogP contribution in [0.15, 0.2) is 9.21 Å². The first kappa shape index (κ1) is 13.7. The van der Waals surface area contributed by atoms with Gasteiger partial charge in [0.1, 0.15) is 15.0 Å². The Labute approximate surface area is 111 Å². The number of nitrogens with two attached hydrogens (primary N) is 2. The zero-order valence-electron chi connectivity index (χ0n) is 8.91. The third-order valence-electron chi connectivity index (χ3n) is 2.29. The maximum Gasteiger partial charge on any atom is 0.234 e. The van der Waals surface area contributed by atoms with E-state index in [1.54, 1.807) is 0 Å². The molecule has 0 bridgehead atoms. The van der Waals surface area contributed by atoms with Crippen LogP contribution in [0.5, 0.6) is 0 Å². The molecule has 0 saturated carbocycles. The standard InChI is InChI=1S/C9H14Br2N4O/c1-2-6-14-7(10)8(11)15(6)4-3-5(12)9(13)16/h5H,2-4,12H2,1H3,(H2,13,16). The van der Waals surface area contributed by atoms with E-state index in [2.05, 4.69) is 36.8 Å². The third kappa shape index (κ3) is 3.05. The van der Waals surface area contributed by atoms with Crippen molar-refractivity contribution >= 4 is 37.8 Å². The molecule has 5 nitrogen and oxygen atoms in total. The fourth-order valence-electron chi connectivity index (χ4n) is 1.35. The van der Waals surface area contributed by atoms with E-state index >= 15 is 0 Å². The van der Waals surface area contributed by atoms with E-state index in [1.165, 1.54) is 0 Å². The van der Waals surface area contributed by atoms with E-state index in [0.717, 1.165) is 21.5 Å². The zero-order valence-corrected chi connectivity index (χ0v) is 12.1. The summed E-state index contributed by atoms with van der Waals surface area (Å²) in [5.74, 6) is 0.462. The quantitative estimate of drug-likeness (QED) is 0.833. The van der Waals surface area contributed by atoms with Crippen molar-refractivity contribution in [1.29, 1.82) is 0 Å². The molecule has 0 saturated heterocycles. The van der Waals surface area contributed by atoms with Gasteiger partial charge < -0.3 is 16.0 Å². The van der Waals surface area contributed by atoms with Gasteiger partial charge in [0.15, 0.2) is 0 Å². The predicted octanol–water partition coefficient (Wildman–Crippen LogP) is 1.17. The Bertz CT molecular complexity index is 391. The van der Waals surface area contributed by atoms with Gasteiger partial charge in [-0.25, -0.2) is 4.98 Å². The number of hydrogen-bond donors (Lipinski definition) is 2. The minimum absolute atomic E-state index is 0.478. The number of nitrogens with zero attached hydrogens (tertiary/aromatic N) is 2. The Balaban J connectivity index is 2.76. The van der Waals surface area contributed by atoms with Gasteiger partial charge in [-0.15, -0.1) is 0 Å². The number of aryl methyl sites for hydroxylation is 1. The van der Waals surface area contributed by atoms with Crippen LogP contribution in [0.2, 0.25) is 0 Å². The molecule has 16 heavy (non-hydrogen) atoms. The van der Waals surface area contributed by atoms with Crippen LogP contribution in [-0.4, -0.2) is 21.5 Å². The fraction of sp³-hybridized carbons (Fsp3) is 0.556. The van der Waals surface area contributed by atoms with Crippen LogP contribution in [-0.2, 0) is 17.8 Å². The second kappa shape index (κ2) is 5.79. The molecule has 90 valence electrons. The van der Waals surface area contributed by atoms with E-state index in [9.17, 15) is 4.79 Å². The van der Waals surface area contributed by atoms with Crippen molar-refractivity contribution in [2.45, 2.75) is 32.4 Å². The summed E-state index contributed by atoms with van der Waals surface area (Å²) >= 11 is 6.77. The average Bonchev–Trinajstić information content (AvgIpc) is 2.51. The van der Waals surface area contributed by atoms with E-state index in [4.69, 9.17) is 11.5 Å². The molecule has 1 amide bonds. The van der Waals surface area contributed by atoms with E-state index in [1.807, 2.05) is 11.5 Å². The summed E-state index contributed by atoms with van der Waals surface area (Å²) in [6, 6.07) is -0.613. The smallest absolute Gasteiger partial charge is 0.234 e. The van der Waals surface area contributed by atoms with Crippen LogP contribution in [0.3, 0.4) is 0 Å². The highest BCUT2D eigenvalue weighted by Gasteiger charge is 2.14. The number of aromatic nitrogens is 2. The lowest BCUT2D eigenvalue weighted by Gasteiger charge is -2.11. The number of halogens is 2. The van der Waals surface area contributed by atoms with Gasteiger partial charge in [-0.1, -0.05) is 6.92 Å². The molecule has 1 rings (SSSR count). The molecule has 0 aliphatic heterocycles. The van der Waals surface area contributed by atoms with Crippen molar-refractivity contribution < 1.29 is 4.79 Å². The molecule has 0 aliphatic carbocycles. The van der Waals surface area contributed by atoms with Crippen molar-refractivity contribution in [2.75, 3.05) is 0 Å². The first-order valence-electron chi connectivity index (χ1n) is 4.92. The van der Waals surface area contributed by atoms with Crippen molar-refractivity contribution in [3.63, 3.8) is 0 Å². The summed E-state index contributed by atoms with van der Waals surface area (Å²) in [6.07, 6.45) is 1.32. The molecule has 0 spiro atoms. The SMILES string of the molecule is CCc1nc(Br)c(Br)n1CCC(N)C(N)=O. The van der Waals surface area contributed by atoms with Gasteiger partial charge in [-0.2, -0.15) is 0 Å². The number of carbonyl (C=O) groups excluding carboxylic acids is 1. The molecule has 0 fully saturated rings. The molecule has 0 aromatic carbocycles. The first-order valence-corrected chi connectivity index (χ1v) is 6.51. The Morgan fingerprint density at radius 1 is 1.56 bits per heavy atom. The minimum atomic E-state index is -0.613. The monoisotopic (exact) mass is 352 g/mol. The van der Waals surface area contributed by atoms with Gasteiger partial charge in [-0.3, -0.25) is 4.79 Å². The highest BCUT2D eigenvalue weighted by molar-refractivity contribution is 9.13.